The molecule has 2 aliphatic carbocycles. The predicted octanol–water partition coefficient (Wildman–Crippen LogP) is 3.54. The first-order valence-electron chi connectivity index (χ1n) is 9.78. The summed E-state index contributed by atoms with van der Waals surface area (Å²) < 4.78 is 0. The Kier molecular flexibility index (Phi) is 5.81. The third kappa shape index (κ3) is 3.93. The smallest absolute Gasteiger partial charge is 0.248 e. The molecule has 1 saturated heterocycles. The number of nitrogens with two attached hydrogens (primary N) is 2. The number of carbonyl (C=O) groups excluding carboxylic acids is 2. The number of anilines is 1. The number of primary amides is 1. The highest BCUT2D eigenvalue weighted by atomic mass is 32.2. The summed E-state index contributed by atoms with van der Waals surface area (Å²) in [6, 6.07) is 22.7. The zero-order valence-electron chi connectivity index (χ0n) is 16.7. The Morgan fingerprint density at radius 2 is 1.71 bits per heavy atom. The van der Waals surface area contributed by atoms with Gasteiger partial charge in [-0.05, 0) is 35.4 Å². The molecule has 2 atom stereocenters. The van der Waals surface area contributed by atoms with E-state index in [-0.39, 0.29) is 23.1 Å². The molecule has 31 heavy (non-hydrogen) atoms. The van der Waals surface area contributed by atoms with Crippen LogP contribution in [-0.2, 0) is 4.79 Å². The van der Waals surface area contributed by atoms with Crippen LogP contribution in [0.4, 0.5) is 5.69 Å². The van der Waals surface area contributed by atoms with Gasteiger partial charge in [-0.3, -0.25) is 14.5 Å². The fourth-order valence-electron chi connectivity index (χ4n) is 3.49. The van der Waals surface area contributed by atoms with Crippen LogP contribution in [-0.4, -0.2) is 23.6 Å². The molecule has 0 unspecified atom stereocenters. The summed E-state index contributed by atoms with van der Waals surface area (Å²) in [7, 11) is 0. The highest BCUT2D eigenvalue weighted by molar-refractivity contribution is 8.01. The minimum atomic E-state index is -0.544. The van der Waals surface area contributed by atoms with Crippen molar-refractivity contribution in [2.75, 3.05) is 11.4 Å². The van der Waals surface area contributed by atoms with E-state index in [1.54, 1.807) is 29.2 Å². The number of fused-ring (bicyclic) bond motifs is 1. The van der Waals surface area contributed by atoms with E-state index in [9.17, 15) is 9.59 Å². The second-order valence-corrected chi connectivity index (χ2v) is 8.43. The molecule has 0 radical (unpaired) electrons. The summed E-state index contributed by atoms with van der Waals surface area (Å²) in [5.41, 5.74) is 16.5. The fourth-order valence-corrected chi connectivity index (χ4v) is 4.84. The largest absolute Gasteiger partial charge is 0.366 e. The molecule has 2 aromatic rings. The minimum absolute atomic E-state index is 0.106. The molecule has 1 heterocycles. The van der Waals surface area contributed by atoms with Gasteiger partial charge in [-0.1, -0.05) is 54.5 Å². The summed E-state index contributed by atoms with van der Waals surface area (Å²) in [4.78, 5) is 26.0. The monoisotopic (exact) mass is 427 g/mol. The zero-order valence-corrected chi connectivity index (χ0v) is 17.5. The molecule has 0 saturated carbocycles. The second-order valence-electron chi connectivity index (χ2n) is 7.14. The van der Waals surface area contributed by atoms with E-state index in [2.05, 4.69) is 30.2 Å². The van der Waals surface area contributed by atoms with Gasteiger partial charge in [0.25, 0.3) is 0 Å². The van der Waals surface area contributed by atoms with Gasteiger partial charge >= 0.3 is 0 Å². The van der Waals surface area contributed by atoms with Crippen molar-refractivity contribution in [3.05, 3.63) is 89.5 Å². The first kappa shape index (κ1) is 20.7. The Hall–Kier alpha value is -3.53. The van der Waals surface area contributed by atoms with Crippen LogP contribution in [0.5, 0.6) is 0 Å². The van der Waals surface area contributed by atoms with Gasteiger partial charge < -0.3 is 11.5 Å². The summed E-state index contributed by atoms with van der Waals surface area (Å²) in [5, 5.41) is -0.676. The summed E-state index contributed by atoms with van der Waals surface area (Å²) in [5.74, 6) is 2.02. The number of hydrogen-bond donors (Lipinski definition) is 2. The van der Waals surface area contributed by atoms with Crippen LogP contribution in [0.1, 0.15) is 26.9 Å². The molecule has 1 fully saturated rings. The average molecular weight is 428 g/mol. The van der Waals surface area contributed by atoms with Crippen molar-refractivity contribution in [1.29, 1.82) is 0 Å². The van der Waals surface area contributed by atoms with Crippen molar-refractivity contribution >= 4 is 29.3 Å². The molecule has 6 heteroatoms. The predicted molar refractivity (Wildman–Crippen MR) is 125 cm³/mol. The zero-order chi connectivity index (χ0) is 22.0. The first-order valence-corrected chi connectivity index (χ1v) is 10.7. The molecule has 4 N–H and O–H groups in total. The standard InChI is InChI=1S/C19H17N3O2S.C6H4/c1-2-12-6-3-4-9-15(12)19-22(18(24)16(11-20)25-19)14-8-5-7-13(10-14)17(21)23;1-2-6-4-3-5(1)6/h1,3-10,16,19H,11,20H2,(H2,21,23);1-4H/t16-,19+;/m1./s1. The quantitative estimate of drug-likeness (QED) is 0.488. The van der Waals surface area contributed by atoms with Crippen molar-refractivity contribution in [2.45, 2.75) is 10.6 Å². The summed E-state index contributed by atoms with van der Waals surface area (Å²) in [6.07, 6.45) is 5.62. The maximum absolute atomic E-state index is 12.9. The molecule has 154 valence electrons. The lowest BCUT2D eigenvalue weighted by molar-refractivity contribution is -0.117. The van der Waals surface area contributed by atoms with Gasteiger partial charge in [0.15, 0.2) is 0 Å². The van der Waals surface area contributed by atoms with E-state index >= 15 is 0 Å². The molecule has 0 bridgehead atoms. The lowest BCUT2D eigenvalue weighted by atomic mass is 9.95. The van der Waals surface area contributed by atoms with Crippen LogP contribution in [0.3, 0.4) is 0 Å². The molecule has 0 aromatic heterocycles. The maximum atomic E-state index is 12.9. The SMILES string of the molecule is C#Cc1ccccc1[C@@H]1S[C@H](CN)C(=O)N1c1cccc(C(N)=O)c1.c1cc2ccc1-2. The van der Waals surface area contributed by atoms with Gasteiger partial charge in [-0.25, -0.2) is 0 Å². The van der Waals surface area contributed by atoms with Gasteiger partial charge in [0.2, 0.25) is 11.8 Å². The van der Waals surface area contributed by atoms with Crippen LogP contribution in [0, 0.1) is 12.3 Å². The Labute approximate surface area is 185 Å². The van der Waals surface area contributed by atoms with Gasteiger partial charge in [-0.2, -0.15) is 0 Å². The summed E-state index contributed by atoms with van der Waals surface area (Å²) in [6.45, 7) is 0.226. The Balaban J connectivity index is 0.000000325. The average Bonchev–Trinajstić information content (AvgIpc) is 3.12. The Morgan fingerprint density at radius 1 is 1.03 bits per heavy atom. The van der Waals surface area contributed by atoms with Crippen molar-refractivity contribution in [3.63, 3.8) is 0 Å². The summed E-state index contributed by atoms with van der Waals surface area (Å²) >= 11 is 1.46. The highest BCUT2D eigenvalue weighted by Gasteiger charge is 2.42. The number of hydrogen-bond acceptors (Lipinski definition) is 4. The fraction of sp³-hybridized carbons (Fsp3) is 0.120. The van der Waals surface area contributed by atoms with Gasteiger partial charge in [0, 0.05) is 28.9 Å². The van der Waals surface area contributed by atoms with Crippen LogP contribution >= 0.6 is 11.8 Å². The third-order valence-corrected chi connectivity index (χ3v) is 6.71. The number of thioether (sulfide) groups is 1. The van der Waals surface area contributed by atoms with E-state index in [0.717, 1.165) is 11.1 Å². The number of carbonyl (C=O) groups is 2. The molecular formula is C25H21N3O2S. The maximum Gasteiger partial charge on any atom is 0.248 e. The Bertz CT molecular complexity index is 1160. The van der Waals surface area contributed by atoms with Crippen molar-refractivity contribution in [1.82, 2.24) is 0 Å². The van der Waals surface area contributed by atoms with Gasteiger partial charge in [0.1, 0.15) is 5.37 Å². The minimum Gasteiger partial charge on any atom is -0.366 e. The van der Waals surface area contributed by atoms with Crippen molar-refractivity contribution in [2.24, 2.45) is 11.5 Å². The molecule has 1 aliphatic heterocycles. The van der Waals surface area contributed by atoms with Crippen LogP contribution < -0.4 is 16.4 Å². The number of rotatable bonds is 4. The highest BCUT2D eigenvalue weighted by Crippen LogP contribution is 2.46. The molecular weight excluding hydrogens is 406 g/mol. The van der Waals surface area contributed by atoms with Crippen LogP contribution in [0.25, 0.3) is 11.1 Å². The number of terminal acetylenes is 1. The van der Waals surface area contributed by atoms with Crippen LogP contribution in [0.15, 0.2) is 72.8 Å². The topological polar surface area (TPSA) is 89.4 Å². The molecule has 2 amide bonds. The van der Waals surface area contributed by atoms with Gasteiger partial charge in [-0.15, -0.1) is 18.2 Å². The van der Waals surface area contributed by atoms with Crippen molar-refractivity contribution in [3.8, 4) is 23.5 Å². The molecule has 5 nitrogen and oxygen atoms in total. The molecule has 2 aromatic carbocycles. The second kappa shape index (κ2) is 8.68. The van der Waals surface area contributed by atoms with E-state index in [4.69, 9.17) is 17.9 Å². The first-order chi connectivity index (χ1) is 15.0. The van der Waals surface area contributed by atoms with E-state index in [0.29, 0.717) is 11.3 Å². The lowest BCUT2D eigenvalue weighted by Gasteiger charge is -2.25. The Morgan fingerprint density at radius 3 is 2.26 bits per heavy atom. The van der Waals surface area contributed by atoms with Crippen LogP contribution in [0.2, 0.25) is 0 Å². The molecule has 3 aliphatic rings. The number of amides is 2. The van der Waals surface area contributed by atoms with E-state index in [1.165, 1.54) is 22.9 Å². The van der Waals surface area contributed by atoms with E-state index < -0.39 is 5.91 Å². The van der Waals surface area contributed by atoms with E-state index in [1.807, 2.05) is 24.3 Å². The number of benzene rings is 3. The molecule has 0 spiro atoms. The van der Waals surface area contributed by atoms with Crippen molar-refractivity contribution < 1.29 is 9.59 Å². The molecule has 5 rings (SSSR count). The normalized spacial score (nSPS) is 18.1. The van der Waals surface area contributed by atoms with Gasteiger partial charge in [0.05, 0.1) is 5.25 Å². The lowest BCUT2D eigenvalue weighted by Crippen LogP contribution is -2.34. The third-order valence-electron chi connectivity index (χ3n) is 5.26. The number of nitrogens with zero attached hydrogens (tertiary/aromatic N) is 1.